The van der Waals surface area contributed by atoms with Gasteiger partial charge in [0, 0.05) is 16.7 Å². The van der Waals surface area contributed by atoms with Crippen molar-refractivity contribution in [2.75, 3.05) is 6.54 Å². The summed E-state index contributed by atoms with van der Waals surface area (Å²) in [6, 6.07) is 3.02. The molecule has 1 rings (SSSR count). The fourth-order valence-electron chi connectivity index (χ4n) is 1.27. The topological polar surface area (TPSA) is 79.3 Å². The second-order valence-corrected chi connectivity index (χ2v) is 5.28. The van der Waals surface area contributed by atoms with Crippen molar-refractivity contribution in [1.29, 1.82) is 0 Å². The molecule has 0 fully saturated rings. The van der Waals surface area contributed by atoms with Crippen molar-refractivity contribution in [3.05, 3.63) is 28.5 Å². The van der Waals surface area contributed by atoms with Gasteiger partial charge in [0.25, 0.3) is 5.91 Å². The van der Waals surface area contributed by atoms with E-state index >= 15 is 0 Å². The van der Waals surface area contributed by atoms with Crippen molar-refractivity contribution in [3.8, 4) is 0 Å². The van der Waals surface area contributed by atoms with Gasteiger partial charge in [0.15, 0.2) is 0 Å². The minimum Gasteiger partial charge on any atom is -0.480 e. The number of nitrogens with one attached hydrogen (secondary N) is 1. The predicted molar refractivity (Wildman–Crippen MR) is 67.9 cm³/mol. The monoisotopic (exact) mass is 270 g/mol. The minimum atomic E-state index is -1.10. The first kappa shape index (κ1) is 14.4. The maximum absolute atomic E-state index is 11.7. The molecule has 0 spiro atoms. The van der Waals surface area contributed by atoms with Crippen LogP contribution in [-0.2, 0) is 10.2 Å². The van der Waals surface area contributed by atoms with Gasteiger partial charge in [-0.3, -0.25) is 9.59 Å². The summed E-state index contributed by atoms with van der Waals surface area (Å²) in [6.45, 7) is 5.42. The Hall–Kier alpha value is -1.62. The highest BCUT2D eigenvalue weighted by molar-refractivity contribution is 6.29. The van der Waals surface area contributed by atoms with Gasteiger partial charge in [0.1, 0.15) is 11.7 Å². The number of amides is 1. The summed E-state index contributed by atoms with van der Waals surface area (Å²) >= 11 is 5.86. The summed E-state index contributed by atoms with van der Waals surface area (Å²) in [5.74, 6) is -1.58. The zero-order valence-electron chi connectivity index (χ0n) is 10.5. The minimum absolute atomic E-state index is 0.211. The summed E-state index contributed by atoms with van der Waals surface area (Å²) in [7, 11) is 0. The van der Waals surface area contributed by atoms with Crippen LogP contribution in [0.1, 0.15) is 36.8 Å². The molecule has 0 aliphatic heterocycles. The van der Waals surface area contributed by atoms with E-state index in [-0.39, 0.29) is 10.6 Å². The first-order chi connectivity index (χ1) is 8.20. The molecular weight excluding hydrogens is 256 g/mol. The van der Waals surface area contributed by atoms with E-state index in [0.29, 0.717) is 11.3 Å². The van der Waals surface area contributed by atoms with E-state index in [2.05, 4.69) is 10.3 Å². The van der Waals surface area contributed by atoms with Crippen LogP contribution in [0.4, 0.5) is 0 Å². The van der Waals surface area contributed by atoms with E-state index in [1.54, 1.807) is 6.07 Å². The van der Waals surface area contributed by atoms with E-state index in [4.69, 9.17) is 16.7 Å². The van der Waals surface area contributed by atoms with Crippen LogP contribution >= 0.6 is 11.6 Å². The maximum Gasteiger partial charge on any atom is 0.322 e. The van der Waals surface area contributed by atoms with E-state index in [1.807, 2.05) is 20.8 Å². The normalized spacial score (nSPS) is 11.1. The summed E-state index contributed by atoms with van der Waals surface area (Å²) in [5, 5.41) is 11.0. The van der Waals surface area contributed by atoms with Crippen molar-refractivity contribution < 1.29 is 14.7 Å². The highest BCUT2D eigenvalue weighted by atomic mass is 35.5. The van der Waals surface area contributed by atoms with Gasteiger partial charge in [0.2, 0.25) is 0 Å². The third kappa shape index (κ3) is 4.00. The van der Waals surface area contributed by atoms with Crippen LogP contribution in [0.5, 0.6) is 0 Å². The lowest BCUT2D eigenvalue weighted by atomic mass is 9.91. The summed E-state index contributed by atoms with van der Waals surface area (Å²) < 4.78 is 0. The summed E-state index contributed by atoms with van der Waals surface area (Å²) in [5.41, 5.74) is 0.740. The van der Waals surface area contributed by atoms with Gasteiger partial charge in [-0.15, -0.1) is 0 Å². The van der Waals surface area contributed by atoms with Gasteiger partial charge in [-0.2, -0.15) is 0 Å². The van der Waals surface area contributed by atoms with Crippen molar-refractivity contribution in [2.45, 2.75) is 26.2 Å². The first-order valence-corrected chi connectivity index (χ1v) is 5.76. The Balaban J connectivity index is 2.99. The molecule has 0 radical (unpaired) electrons. The number of aliphatic carboxylic acids is 1. The molecule has 0 saturated heterocycles. The smallest absolute Gasteiger partial charge is 0.322 e. The SMILES string of the molecule is CC(C)(C)c1cc(C(=O)NCC(=O)O)cc(Cl)n1. The summed E-state index contributed by atoms with van der Waals surface area (Å²) in [6.07, 6.45) is 0. The number of rotatable bonds is 3. The number of pyridine rings is 1. The molecule has 1 heterocycles. The lowest BCUT2D eigenvalue weighted by Gasteiger charge is -2.18. The molecule has 1 aromatic rings. The Morgan fingerprint density at radius 2 is 2.00 bits per heavy atom. The molecule has 0 saturated carbocycles. The van der Waals surface area contributed by atoms with Crippen molar-refractivity contribution >= 4 is 23.5 Å². The number of carboxylic acids is 1. The maximum atomic E-state index is 11.7. The Kier molecular flexibility index (Phi) is 4.29. The molecule has 6 heteroatoms. The van der Waals surface area contributed by atoms with Crippen LogP contribution in [-0.4, -0.2) is 28.5 Å². The lowest BCUT2D eigenvalue weighted by Crippen LogP contribution is -2.29. The van der Waals surface area contributed by atoms with E-state index < -0.39 is 18.4 Å². The van der Waals surface area contributed by atoms with Crippen LogP contribution in [0.15, 0.2) is 12.1 Å². The van der Waals surface area contributed by atoms with E-state index in [9.17, 15) is 9.59 Å². The highest BCUT2D eigenvalue weighted by Crippen LogP contribution is 2.23. The van der Waals surface area contributed by atoms with Crippen LogP contribution in [0.3, 0.4) is 0 Å². The molecule has 0 atom stereocenters. The lowest BCUT2D eigenvalue weighted by molar-refractivity contribution is -0.135. The molecule has 98 valence electrons. The number of hydrogen-bond donors (Lipinski definition) is 2. The average Bonchev–Trinajstić information content (AvgIpc) is 2.23. The molecule has 0 aromatic carbocycles. The van der Waals surface area contributed by atoms with Crippen LogP contribution in [0.2, 0.25) is 5.15 Å². The first-order valence-electron chi connectivity index (χ1n) is 5.38. The number of carbonyl (C=O) groups is 2. The highest BCUT2D eigenvalue weighted by Gasteiger charge is 2.19. The fourth-order valence-corrected chi connectivity index (χ4v) is 1.48. The van der Waals surface area contributed by atoms with Crippen LogP contribution in [0.25, 0.3) is 0 Å². The molecule has 5 nitrogen and oxygen atoms in total. The van der Waals surface area contributed by atoms with Gasteiger partial charge in [-0.05, 0) is 12.1 Å². The largest absolute Gasteiger partial charge is 0.480 e. The van der Waals surface area contributed by atoms with Gasteiger partial charge in [-0.25, -0.2) is 4.98 Å². The molecular formula is C12H15ClN2O3. The number of hydrogen-bond acceptors (Lipinski definition) is 3. The van der Waals surface area contributed by atoms with Crippen LogP contribution in [0, 0.1) is 0 Å². The molecule has 0 bridgehead atoms. The van der Waals surface area contributed by atoms with E-state index in [0.717, 1.165) is 0 Å². The second-order valence-electron chi connectivity index (χ2n) is 4.89. The van der Waals surface area contributed by atoms with E-state index in [1.165, 1.54) is 6.07 Å². The molecule has 2 N–H and O–H groups in total. The number of carboxylic acid groups (broad SMARTS) is 1. The third-order valence-electron chi connectivity index (χ3n) is 2.22. The van der Waals surface area contributed by atoms with Crippen molar-refractivity contribution in [2.24, 2.45) is 0 Å². The number of nitrogens with zero attached hydrogens (tertiary/aromatic N) is 1. The molecule has 18 heavy (non-hydrogen) atoms. The van der Waals surface area contributed by atoms with Gasteiger partial charge in [0.05, 0.1) is 0 Å². The van der Waals surface area contributed by atoms with Gasteiger partial charge in [-0.1, -0.05) is 32.4 Å². The van der Waals surface area contributed by atoms with Crippen molar-refractivity contribution in [1.82, 2.24) is 10.3 Å². The zero-order valence-corrected chi connectivity index (χ0v) is 11.2. The van der Waals surface area contributed by atoms with Crippen LogP contribution < -0.4 is 5.32 Å². The Bertz CT molecular complexity index is 481. The predicted octanol–water partition coefficient (Wildman–Crippen LogP) is 1.85. The number of halogens is 1. The fraction of sp³-hybridized carbons (Fsp3) is 0.417. The third-order valence-corrected chi connectivity index (χ3v) is 2.42. The standard InChI is InChI=1S/C12H15ClN2O3/c1-12(2,3)8-4-7(5-9(13)15-8)11(18)14-6-10(16)17/h4-5H,6H2,1-3H3,(H,14,18)(H,16,17). The molecule has 1 amide bonds. The quantitative estimate of drug-likeness (QED) is 0.822. The van der Waals surface area contributed by atoms with Crippen molar-refractivity contribution in [3.63, 3.8) is 0 Å². The summed E-state index contributed by atoms with van der Waals surface area (Å²) in [4.78, 5) is 26.2. The second kappa shape index (κ2) is 5.35. The Morgan fingerprint density at radius 1 is 1.39 bits per heavy atom. The number of aromatic nitrogens is 1. The molecule has 0 aliphatic rings. The molecule has 0 unspecified atom stereocenters. The Labute approximate surface area is 110 Å². The molecule has 1 aromatic heterocycles. The average molecular weight is 271 g/mol. The molecule has 0 aliphatic carbocycles. The Morgan fingerprint density at radius 3 is 2.50 bits per heavy atom. The van der Waals surface area contributed by atoms with Gasteiger partial charge < -0.3 is 10.4 Å². The number of carbonyl (C=O) groups excluding carboxylic acids is 1. The zero-order chi connectivity index (χ0) is 13.9. The van der Waals surface area contributed by atoms with Gasteiger partial charge >= 0.3 is 5.97 Å².